The Hall–Kier alpha value is -2.26. The summed E-state index contributed by atoms with van der Waals surface area (Å²) in [7, 11) is -3.66. The third-order valence-electron chi connectivity index (χ3n) is 5.50. The summed E-state index contributed by atoms with van der Waals surface area (Å²) in [4.78, 5) is 18.9. The maximum Gasteiger partial charge on any atom is 0.254 e. The number of fused-ring (bicyclic) bond motifs is 4. The van der Waals surface area contributed by atoms with E-state index in [0.29, 0.717) is 36.6 Å². The minimum Gasteiger partial charge on any atom is -0.337 e. The molecule has 144 valence electrons. The molecule has 2 aromatic heterocycles. The summed E-state index contributed by atoms with van der Waals surface area (Å²) in [6.07, 6.45) is 4.89. The Morgan fingerprint density at radius 3 is 2.56 bits per heavy atom. The number of aromatic amines is 1. The van der Waals surface area contributed by atoms with E-state index < -0.39 is 10.0 Å². The number of pyridine rings is 1. The first-order chi connectivity index (χ1) is 12.9. The molecular weight excluding hydrogens is 366 g/mol. The monoisotopic (exact) mass is 389 g/mol. The normalized spacial score (nSPS) is 23.4. The van der Waals surface area contributed by atoms with Crippen molar-refractivity contribution in [1.29, 1.82) is 0 Å². The van der Waals surface area contributed by atoms with Crippen molar-refractivity contribution in [3.05, 3.63) is 41.5 Å². The average Bonchev–Trinajstić information content (AvgIpc) is 2.84. The molecule has 2 aromatic rings. The molecule has 0 unspecified atom stereocenters. The summed E-state index contributed by atoms with van der Waals surface area (Å²) in [5.41, 5.74) is 1.62. The van der Waals surface area contributed by atoms with E-state index in [-0.39, 0.29) is 22.8 Å². The van der Waals surface area contributed by atoms with Gasteiger partial charge in [0, 0.05) is 43.6 Å². The van der Waals surface area contributed by atoms with Crippen LogP contribution in [0, 0.1) is 19.8 Å². The predicted molar refractivity (Wildman–Crippen MR) is 98.6 cm³/mol. The SMILES string of the molecule is Cc1n[nH]c(C)c1S(=O)(=O)N1C[C@H]2CC[C@@H]1CN(C(=O)c1ccncc1)C2. The molecule has 0 aliphatic carbocycles. The third kappa shape index (κ3) is 3.14. The molecule has 9 heteroatoms. The van der Waals surface area contributed by atoms with Crippen LogP contribution in [-0.4, -0.2) is 64.4 Å². The quantitative estimate of drug-likeness (QED) is 0.854. The van der Waals surface area contributed by atoms with E-state index in [0.717, 1.165) is 12.8 Å². The fourth-order valence-corrected chi connectivity index (χ4v) is 6.27. The first kappa shape index (κ1) is 18.1. The summed E-state index contributed by atoms with van der Waals surface area (Å²) in [5.74, 6) is 0.0704. The lowest BCUT2D eigenvalue weighted by Gasteiger charge is -2.34. The topological polar surface area (TPSA) is 99.3 Å². The van der Waals surface area contributed by atoms with Gasteiger partial charge in [0.2, 0.25) is 10.0 Å². The van der Waals surface area contributed by atoms with E-state index in [1.54, 1.807) is 47.6 Å². The van der Waals surface area contributed by atoms with E-state index in [4.69, 9.17) is 0 Å². The number of carbonyl (C=O) groups is 1. The van der Waals surface area contributed by atoms with E-state index >= 15 is 0 Å². The van der Waals surface area contributed by atoms with Gasteiger partial charge < -0.3 is 4.90 Å². The van der Waals surface area contributed by atoms with Crippen LogP contribution in [-0.2, 0) is 10.0 Å². The largest absolute Gasteiger partial charge is 0.337 e. The molecule has 5 rings (SSSR count). The fourth-order valence-electron chi connectivity index (χ4n) is 4.21. The molecule has 2 bridgehead atoms. The van der Waals surface area contributed by atoms with Crippen LogP contribution < -0.4 is 0 Å². The molecular formula is C18H23N5O3S. The van der Waals surface area contributed by atoms with Crippen LogP contribution in [0.2, 0.25) is 0 Å². The average molecular weight is 389 g/mol. The molecule has 8 nitrogen and oxygen atoms in total. The van der Waals surface area contributed by atoms with E-state index in [2.05, 4.69) is 15.2 Å². The van der Waals surface area contributed by atoms with Gasteiger partial charge in [0.1, 0.15) is 4.90 Å². The minimum atomic E-state index is -3.66. The summed E-state index contributed by atoms with van der Waals surface area (Å²) < 4.78 is 28.3. The van der Waals surface area contributed by atoms with Crippen molar-refractivity contribution >= 4 is 15.9 Å². The first-order valence-corrected chi connectivity index (χ1v) is 10.5. The zero-order valence-electron chi connectivity index (χ0n) is 15.4. The van der Waals surface area contributed by atoms with Crippen LogP contribution in [0.25, 0.3) is 0 Å². The van der Waals surface area contributed by atoms with Gasteiger partial charge in [-0.3, -0.25) is 14.9 Å². The number of rotatable bonds is 3. The number of aryl methyl sites for hydroxylation is 2. The number of nitrogens with one attached hydrogen (secondary N) is 1. The summed E-state index contributed by atoms with van der Waals surface area (Å²) in [6, 6.07) is 3.18. The molecule has 5 heterocycles. The van der Waals surface area contributed by atoms with Crippen molar-refractivity contribution in [3.63, 3.8) is 0 Å². The van der Waals surface area contributed by atoms with E-state index in [9.17, 15) is 13.2 Å². The highest BCUT2D eigenvalue weighted by Gasteiger charge is 2.43. The molecule has 0 spiro atoms. The number of piperidine rings is 1. The van der Waals surface area contributed by atoms with Gasteiger partial charge in [-0.2, -0.15) is 9.40 Å². The van der Waals surface area contributed by atoms with Crippen molar-refractivity contribution in [3.8, 4) is 0 Å². The van der Waals surface area contributed by atoms with Gasteiger partial charge in [-0.15, -0.1) is 0 Å². The van der Waals surface area contributed by atoms with Crippen molar-refractivity contribution in [2.45, 2.75) is 37.6 Å². The van der Waals surface area contributed by atoms with Crippen molar-refractivity contribution < 1.29 is 13.2 Å². The van der Waals surface area contributed by atoms with Crippen molar-refractivity contribution in [2.24, 2.45) is 5.92 Å². The summed E-state index contributed by atoms with van der Waals surface area (Å²) >= 11 is 0. The molecule has 3 fully saturated rings. The number of amides is 1. The van der Waals surface area contributed by atoms with Crippen LogP contribution in [0.1, 0.15) is 34.6 Å². The lowest BCUT2D eigenvalue weighted by molar-refractivity contribution is 0.0746. The maximum absolute atomic E-state index is 13.3. The second-order valence-corrected chi connectivity index (χ2v) is 9.21. The lowest BCUT2D eigenvalue weighted by Crippen LogP contribution is -2.47. The zero-order valence-corrected chi connectivity index (χ0v) is 16.2. The van der Waals surface area contributed by atoms with Gasteiger partial charge in [-0.05, 0) is 44.7 Å². The van der Waals surface area contributed by atoms with Gasteiger partial charge in [0.15, 0.2) is 0 Å². The molecule has 1 amide bonds. The Kier molecular flexibility index (Phi) is 4.51. The highest BCUT2D eigenvalue weighted by molar-refractivity contribution is 7.89. The van der Waals surface area contributed by atoms with Crippen LogP contribution in [0.3, 0.4) is 0 Å². The molecule has 2 atom stereocenters. The summed E-state index contributed by atoms with van der Waals surface area (Å²) in [6.45, 7) is 4.85. The fraction of sp³-hybridized carbons (Fsp3) is 0.500. The number of hydrogen-bond donors (Lipinski definition) is 1. The van der Waals surface area contributed by atoms with Crippen LogP contribution in [0.5, 0.6) is 0 Å². The van der Waals surface area contributed by atoms with Crippen molar-refractivity contribution in [2.75, 3.05) is 19.6 Å². The number of hydrogen-bond acceptors (Lipinski definition) is 5. The van der Waals surface area contributed by atoms with Gasteiger partial charge in [-0.1, -0.05) is 0 Å². The molecule has 3 aliphatic rings. The minimum absolute atomic E-state index is 0.0655. The maximum atomic E-state index is 13.3. The number of aromatic nitrogens is 3. The molecule has 3 saturated heterocycles. The number of H-pyrrole nitrogens is 1. The lowest BCUT2D eigenvalue weighted by atomic mass is 9.97. The Morgan fingerprint density at radius 2 is 1.89 bits per heavy atom. The van der Waals surface area contributed by atoms with Crippen LogP contribution in [0.4, 0.5) is 0 Å². The zero-order chi connectivity index (χ0) is 19.2. The third-order valence-corrected chi connectivity index (χ3v) is 7.69. The molecule has 0 saturated carbocycles. The van der Waals surface area contributed by atoms with Crippen LogP contribution >= 0.6 is 0 Å². The highest BCUT2D eigenvalue weighted by Crippen LogP contribution is 2.34. The predicted octanol–water partition coefficient (Wildman–Crippen LogP) is 1.35. The highest BCUT2D eigenvalue weighted by atomic mass is 32.2. The molecule has 0 aromatic carbocycles. The molecule has 3 aliphatic heterocycles. The van der Waals surface area contributed by atoms with Gasteiger partial charge >= 0.3 is 0 Å². The molecule has 0 radical (unpaired) electrons. The first-order valence-electron chi connectivity index (χ1n) is 9.10. The Labute approximate surface area is 158 Å². The summed E-state index contributed by atoms with van der Waals surface area (Å²) in [5, 5.41) is 6.81. The molecule has 1 N–H and O–H groups in total. The Balaban J connectivity index is 1.63. The van der Waals surface area contributed by atoms with Gasteiger partial charge in [0.05, 0.1) is 11.4 Å². The van der Waals surface area contributed by atoms with E-state index in [1.807, 2.05) is 0 Å². The molecule has 27 heavy (non-hydrogen) atoms. The van der Waals surface area contributed by atoms with Gasteiger partial charge in [-0.25, -0.2) is 8.42 Å². The van der Waals surface area contributed by atoms with Crippen molar-refractivity contribution in [1.82, 2.24) is 24.4 Å². The Bertz CT molecular complexity index is 937. The second kappa shape index (κ2) is 6.72. The second-order valence-electron chi connectivity index (χ2n) is 7.38. The van der Waals surface area contributed by atoms with Gasteiger partial charge in [0.25, 0.3) is 5.91 Å². The van der Waals surface area contributed by atoms with E-state index in [1.165, 1.54) is 0 Å². The van der Waals surface area contributed by atoms with Crippen LogP contribution in [0.15, 0.2) is 29.4 Å². The smallest absolute Gasteiger partial charge is 0.254 e. The number of nitrogens with zero attached hydrogens (tertiary/aromatic N) is 4. The number of sulfonamides is 1. The Morgan fingerprint density at radius 1 is 1.15 bits per heavy atom. The standard InChI is InChI=1S/C18H23N5O3S/c1-12-17(13(2)21-20-12)27(25,26)23-10-14-3-4-16(23)11-22(9-14)18(24)15-5-7-19-8-6-15/h5-8,14,16H,3-4,9-11H2,1-2H3,(H,20,21)/t14-,16+/m0/s1. The number of carbonyl (C=O) groups excluding carboxylic acids is 1.